The van der Waals surface area contributed by atoms with Crippen molar-refractivity contribution in [3.63, 3.8) is 0 Å². The van der Waals surface area contributed by atoms with Gasteiger partial charge < -0.3 is 16.2 Å². The normalized spacial score (nSPS) is 10.8. The van der Waals surface area contributed by atoms with Crippen LogP contribution in [0.4, 0.5) is 18.9 Å². The van der Waals surface area contributed by atoms with Crippen molar-refractivity contribution in [3.8, 4) is 0 Å². The number of carboxylic acid groups (broad SMARTS) is 1. The number of halogens is 3. The van der Waals surface area contributed by atoms with Gasteiger partial charge in [0.15, 0.2) is 11.3 Å². The van der Waals surface area contributed by atoms with Crippen molar-refractivity contribution < 1.29 is 32.7 Å². The maximum absolute atomic E-state index is 12.2. The fraction of sp³-hybridized carbons (Fsp3) is 0.0769. The Morgan fingerprint density at radius 2 is 1.96 bits per heavy atom. The summed E-state index contributed by atoms with van der Waals surface area (Å²) in [7, 11) is 0. The van der Waals surface area contributed by atoms with Crippen molar-refractivity contribution in [1.82, 2.24) is 24.8 Å². The highest BCUT2D eigenvalue weighted by atomic mass is 19.4. The molecule has 0 atom stereocenters. The van der Waals surface area contributed by atoms with Crippen LogP contribution in [-0.4, -0.2) is 53.9 Å². The van der Waals surface area contributed by atoms with E-state index in [9.17, 15) is 22.8 Å². The van der Waals surface area contributed by atoms with E-state index in [2.05, 4.69) is 25.6 Å². The molecule has 0 unspecified atom stereocenters. The lowest BCUT2D eigenvalue weighted by molar-refractivity contribution is -0.192. The second kappa shape index (κ2) is 7.51. The second-order valence-electron chi connectivity index (χ2n) is 4.71. The van der Waals surface area contributed by atoms with Crippen LogP contribution in [0.15, 0.2) is 30.9 Å². The van der Waals surface area contributed by atoms with Gasteiger partial charge in [0, 0.05) is 18.6 Å². The summed E-state index contributed by atoms with van der Waals surface area (Å²) in [6.07, 6.45) is 0.908. The maximum atomic E-state index is 12.2. The predicted octanol–water partition coefficient (Wildman–Crippen LogP) is 0.437. The minimum atomic E-state index is -5.08. The Bertz CT molecular complexity index is 995. The first-order chi connectivity index (χ1) is 12.6. The van der Waals surface area contributed by atoms with Crippen molar-refractivity contribution in [3.05, 3.63) is 42.1 Å². The van der Waals surface area contributed by atoms with Crippen LogP contribution in [0.2, 0.25) is 0 Å². The monoisotopic (exact) mass is 385 g/mol. The van der Waals surface area contributed by atoms with Crippen LogP contribution in [0.1, 0.15) is 20.8 Å². The molecule has 3 heterocycles. The number of carbonyl (C=O) groups is 3. The smallest absolute Gasteiger partial charge is 0.475 e. The molecule has 0 saturated carbocycles. The number of H-pyrrole nitrogens is 1. The number of aromatic nitrogens is 5. The summed E-state index contributed by atoms with van der Waals surface area (Å²) < 4.78 is 33.2. The molecule has 27 heavy (non-hydrogen) atoms. The van der Waals surface area contributed by atoms with E-state index in [1.165, 1.54) is 16.9 Å². The zero-order chi connectivity index (χ0) is 20.2. The first-order valence-electron chi connectivity index (χ1n) is 6.84. The number of anilines is 1. The molecule has 0 aliphatic heterocycles. The summed E-state index contributed by atoms with van der Waals surface area (Å²) in [4.78, 5) is 36.3. The van der Waals surface area contributed by atoms with Crippen molar-refractivity contribution in [1.29, 1.82) is 0 Å². The van der Waals surface area contributed by atoms with Crippen LogP contribution in [0, 0.1) is 0 Å². The van der Waals surface area contributed by atoms with Gasteiger partial charge in [-0.15, -0.1) is 0 Å². The Labute approximate surface area is 147 Å². The van der Waals surface area contributed by atoms with E-state index >= 15 is 0 Å². The molecule has 0 aromatic carbocycles. The number of rotatable bonds is 3. The third-order valence-electron chi connectivity index (χ3n) is 2.89. The molecule has 3 rings (SSSR count). The summed E-state index contributed by atoms with van der Waals surface area (Å²) in [6, 6.07) is 1.70. The van der Waals surface area contributed by atoms with Crippen LogP contribution in [-0.2, 0) is 4.79 Å². The zero-order valence-corrected chi connectivity index (χ0v) is 13.1. The molecule has 142 valence electrons. The van der Waals surface area contributed by atoms with Crippen molar-refractivity contribution in [2.24, 2.45) is 5.73 Å². The quantitative estimate of drug-likeness (QED) is 0.507. The molecule has 0 aliphatic rings. The van der Waals surface area contributed by atoms with E-state index in [1.54, 1.807) is 18.5 Å². The number of alkyl halides is 3. The minimum Gasteiger partial charge on any atom is -0.475 e. The van der Waals surface area contributed by atoms with Gasteiger partial charge in [-0.2, -0.15) is 23.4 Å². The van der Waals surface area contributed by atoms with Gasteiger partial charge in [-0.1, -0.05) is 0 Å². The summed E-state index contributed by atoms with van der Waals surface area (Å²) in [5, 5.41) is 19.8. The van der Waals surface area contributed by atoms with Gasteiger partial charge in [-0.3, -0.25) is 14.7 Å². The fourth-order valence-corrected chi connectivity index (χ4v) is 1.75. The van der Waals surface area contributed by atoms with E-state index in [4.69, 9.17) is 15.6 Å². The number of nitrogens with zero attached hydrogens (tertiary/aromatic N) is 4. The molecule has 0 bridgehead atoms. The number of nitrogens with one attached hydrogen (secondary N) is 2. The molecule has 11 nitrogen and oxygen atoms in total. The third kappa shape index (κ3) is 4.56. The van der Waals surface area contributed by atoms with Crippen molar-refractivity contribution in [2.45, 2.75) is 6.18 Å². The van der Waals surface area contributed by atoms with Crippen molar-refractivity contribution in [2.75, 3.05) is 5.32 Å². The number of hydrogen-bond acceptors (Lipinski definition) is 6. The summed E-state index contributed by atoms with van der Waals surface area (Å²) in [5.74, 6) is -3.95. The van der Waals surface area contributed by atoms with Crippen LogP contribution >= 0.6 is 0 Å². The van der Waals surface area contributed by atoms with Crippen LogP contribution in [0.25, 0.3) is 5.65 Å². The number of aliphatic carboxylic acids is 1. The number of amides is 2. The minimum absolute atomic E-state index is 0.0391. The highest BCUT2D eigenvalue weighted by molar-refractivity contribution is 6.10. The molecule has 0 saturated heterocycles. The summed E-state index contributed by atoms with van der Waals surface area (Å²) in [6.45, 7) is 0. The Kier molecular flexibility index (Phi) is 5.38. The van der Waals surface area contributed by atoms with Crippen LogP contribution in [0.5, 0.6) is 0 Å². The molecular formula is C13H10F3N7O4. The van der Waals surface area contributed by atoms with Gasteiger partial charge in [-0.05, 0) is 6.07 Å². The molecule has 0 radical (unpaired) electrons. The standard InChI is InChI=1S/C11H9N7O2.C2HF3O2/c12-9(19)8-7(5-14-17-8)16-11(20)6-4-15-18-3-1-2-13-10(6)18;3-2(4,5)1(6)7/h1-5H,(H2,12,19)(H,14,17)(H,16,20);(H,6,7). The first-order valence-corrected chi connectivity index (χ1v) is 6.84. The zero-order valence-electron chi connectivity index (χ0n) is 13.1. The van der Waals surface area contributed by atoms with Gasteiger partial charge in [0.2, 0.25) is 0 Å². The molecule has 0 spiro atoms. The molecule has 14 heteroatoms. The average molecular weight is 385 g/mol. The highest BCUT2D eigenvalue weighted by Gasteiger charge is 2.38. The molecule has 5 N–H and O–H groups in total. The van der Waals surface area contributed by atoms with E-state index in [0.717, 1.165) is 0 Å². The Morgan fingerprint density at radius 3 is 2.56 bits per heavy atom. The molecular weight excluding hydrogens is 375 g/mol. The molecule has 2 amide bonds. The lowest BCUT2D eigenvalue weighted by Gasteiger charge is -2.01. The number of nitrogens with two attached hydrogens (primary N) is 1. The van der Waals surface area contributed by atoms with Gasteiger partial charge in [0.1, 0.15) is 5.56 Å². The van der Waals surface area contributed by atoms with Crippen molar-refractivity contribution >= 4 is 29.1 Å². The average Bonchev–Trinajstić information content (AvgIpc) is 3.20. The number of carbonyl (C=O) groups excluding carboxylic acids is 2. The third-order valence-corrected chi connectivity index (χ3v) is 2.89. The lowest BCUT2D eigenvalue weighted by Crippen LogP contribution is -2.21. The van der Waals surface area contributed by atoms with Gasteiger partial charge in [-0.25, -0.2) is 14.3 Å². The summed E-state index contributed by atoms with van der Waals surface area (Å²) in [5.41, 5.74) is 6.00. The maximum Gasteiger partial charge on any atom is 0.490 e. The number of primary amides is 1. The number of carboxylic acids is 1. The molecule has 3 aromatic rings. The molecule has 0 fully saturated rings. The van der Waals surface area contributed by atoms with Gasteiger partial charge >= 0.3 is 12.1 Å². The first kappa shape index (κ1) is 19.4. The van der Waals surface area contributed by atoms with E-state index in [0.29, 0.717) is 5.65 Å². The topological polar surface area (TPSA) is 168 Å². The second-order valence-corrected chi connectivity index (χ2v) is 4.71. The lowest BCUT2D eigenvalue weighted by atomic mass is 10.3. The van der Waals surface area contributed by atoms with Crippen LogP contribution in [0.3, 0.4) is 0 Å². The Hall–Kier alpha value is -3.97. The van der Waals surface area contributed by atoms with Crippen LogP contribution < -0.4 is 11.1 Å². The SMILES string of the molecule is NC(=O)c1n[nH]cc1NC(=O)c1cnn2cccnc12.O=C(O)C(F)(F)F. The number of fused-ring (bicyclic) bond motifs is 1. The fourth-order valence-electron chi connectivity index (χ4n) is 1.75. The van der Waals surface area contributed by atoms with E-state index < -0.39 is 24.0 Å². The van der Waals surface area contributed by atoms with Gasteiger partial charge in [0.25, 0.3) is 11.8 Å². The number of hydrogen-bond donors (Lipinski definition) is 4. The Balaban J connectivity index is 0.000000321. The largest absolute Gasteiger partial charge is 0.490 e. The van der Waals surface area contributed by atoms with E-state index in [-0.39, 0.29) is 16.9 Å². The summed E-state index contributed by atoms with van der Waals surface area (Å²) >= 11 is 0. The number of aromatic amines is 1. The molecule has 0 aliphatic carbocycles. The molecule has 3 aromatic heterocycles. The Morgan fingerprint density at radius 1 is 1.30 bits per heavy atom. The van der Waals surface area contributed by atoms with Gasteiger partial charge in [0.05, 0.1) is 11.9 Å². The predicted molar refractivity (Wildman–Crippen MR) is 81.7 cm³/mol. The highest BCUT2D eigenvalue weighted by Crippen LogP contribution is 2.14. The van der Waals surface area contributed by atoms with E-state index in [1.807, 2.05) is 0 Å².